The molecule has 53 heavy (non-hydrogen) atoms. The van der Waals surface area contributed by atoms with Crippen molar-refractivity contribution in [2.24, 2.45) is 7.05 Å². The maximum Gasteiger partial charge on any atom is 0.410 e. The molecule has 0 N–H and O–H groups in total. The number of piperazine rings is 2. The number of aromatic nitrogens is 3. The van der Waals surface area contributed by atoms with Gasteiger partial charge >= 0.3 is 6.09 Å². The molecule has 2 saturated heterocycles. The number of rotatable bonds is 10. The fourth-order valence-electron chi connectivity index (χ4n) is 7.08. The first kappa shape index (κ1) is 36.2. The molecule has 2 aliphatic heterocycles. The molecule has 0 radical (unpaired) electrons. The molecule has 2 fully saturated rings. The van der Waals surface area contributed by atoms with Crippen molar-refractivity contribution in [3.05, 3.63) is 102 Å². The monoisotopic (exact) mass is 717 g/mol. The van der Waals surface area contributed by atoms with Gasteiger partial charge in [0.15, 0.2) is 0 Å². The first-order valence-electron chi connectivity index (χ1n) is 18.6. The fourth-order valence-corrected chi connectivity index (χ4v) is 7.08. The van der Waals surface area contributed by atoms with Gasteiger partial charge in [0, 0.05) is 76.5 Å². The van der Waals surface area contributed by atoms with Crippen LogP contribution in [0.5, 0.6) is 11.8 Å². The van der Waals surface area contributed by atoms with Crippen molar-refractivity contribution in [1.29, 1.82) is 0 Å². The van der Waals surface area contributed by atoms with E-state index in [0.717, 1.165) is 72.6 Å². The van der Waals surface area contributed by atoms with Gasteiger partial charge in [-0.1, -0.05) is 60.7 Å². The van der Waals surface area contributed by atoms with Crippen LogP contribution in [0.15, 0.2) is 91.0 Å². The van der Waals surface area contributed by atoms with E-state index in [-0.39, 0.29) is 6.09 Å². The van der Waals surface area contributed by atoms with E-state index >= 15 is 0 Å². The highest BCUT2D eigenvalue weighted by atomic mass is 16.6. The molecule has 0 spiro atoms. The number of hydrogen-bond donors (Lipinski definition) is 0. The fraction of sp³-hybridized carbons (Fsp3) is 0.405. The predicted octanol–water partition coefficient (Wildman–Crippen LogP) is 6.81. The van der Waals surface area contributed by atoms with Crippen LogP contribution in [-0.2, 0) is 25.0 Å². The van der Waals surface area contributed by atoms with Gasteiger partial charge in [0.25, 0.3) is 0 Å². The lowest BCUT2D eigenvalue weighted by atomic mass is 10.1. The van der Waals surface area contributed by atoms with Crippen molar-refractivity contribution in [2.75, 3.05) is 57.3 Å². The van der Waals surface area contributed by atoms with Gasteiger partial charge < -0.3 is 24.0 Å². The van der Waals surface area contributed by atoms with Crippen LogP contribution >= 0.6 is 0 Å². The number of carbonyl (C=O) groups is 1. The van der Waals surface area contributed by atoms with Crippen LogP contribution in [0.4, 0.5) is 10.5 Å². The molecule has 0 saturated carbocycles. The Balaban J connectivity index is 1.03. The summed E-state index contributed by atoms with van der Waals surface area (Å²) in [5, 5.41) is 6.04. The van der Waals surface area contributed by atoms with E-state index in [4.69, 9.17) is 24.3 Å². The lowest BCUT2D eigenvalue weighted by molar-refractivity contribution is -0.00850. The van der Waals surface area contributed by atoms with Crippen LogP contribution in [0.2, 0.25) is 0 Å². The second-order valence-electron chi connectivity index (χ2n) is 14.9. The summed E-state index contributed by atoms with van der Waals surface area (Å²) in [5.74, 6) is 0.986. The Kier molecular flexibility index (Phi) is 10.8. The third-order valence-electron chi connectivity index (χ3n) is 10.1. The van der Waals surface area contributed by atoms with Crippen LogP contribution in [0.1, 0.15) is 38.8 Å². The van der Waals surface area contributed by atoms with Crippen LogP contribution in [-0.4, -0.2) is 99.7 Å². The molecule has 5 aromatic rings. The number of anilines is 1. The van der Waals surface area contributed by atoms with Crippen molar-refractivity contribution in [3.8, 4) is 23.0 Å². The van der Waals surface area contributed by atoms with E-state index in [0.29, 0.717) is 44.2 Å². The SMILES string of the molecule is CC(N1CCN(C(=O)OC(C)(C)C)CC1)N1CCN(c2ccc3c(-c4ccc(OCc5ccccc5)nc4OCc4ccccc4)nn(C)c3c2)CC1. The Morgan fingerprint density at radius 1 is 0.755 bits per heavy atom. The molecule has 1 amide bonds. The summed E-state index contributed by atoms with van der Waals surface area (Å²) >= 11 is 0. The zero-order valence-electron chi connectivity index (χ0n) is 31.6. The minimum Gasteiger partial charge on any atom is -0.473 e. The maximum atomic E-state index is 12.6. The smallest absolute Gasteiger partial charge is 0.410 e. The number of fused-ring (bicyclic) bond motifs is 1. The second-order valence-corrected chi connectivity index (χ2v) is 14.9. The van der Waals surface area contributed by atoms with Gasteiger partial charge in [-0.05, 0) is 63.1 Å². The van der Waals surface area contributed by atoms with E-state index in [1.807, 2.05) is 110 Å². The van der Waals surface area contributed by atoms with Crippen molar-refractivity contribution >= 4 is 22.7 Å². The maximum absolute atomic E-state index is 12.6. The topological polar surface area (TPSA) is 88.4 Å². The summed E-state index contributed by atoms with van der Waals surface area (Å²) in [5.41, 5.74) is 5.53. The average Bonchev–Trinajstić information content (AvgIpc) is 3.51. The number of carbonyl (C=O) groups excluding carboxylic acids is 1. The highest BCUT2D eigenvalue weighted by Crippen LogP contribution is 2.36. The number of ether oxygens (including phenoxy) is 3. The standard InChI is InChI=1S/C42H51N7O4/c1-31(47-22-26-49(27-23-47)41(50)53-42(2,3)4)46-20-24-48(25-21-46)34-16-17-35-37(28-34)45(5)44-39(35)36-18-19-38(51-29-32-12-8-6-9-13-32)43-40(36)52-30-33-14-10-7-11-15-33/h6-19,28,31H,20-27,29-30H2,1-5H3. The summed E-state index contributed by atoms with van der Waals surface area (Å²) in [4.78, 5) is 26.7. The van der Waals surface area contributed by atoms with E-state index in [1.54, 1.807) is 0 Å². The number of amides is 1. The first-order valence-corrected chi connectivity index (χ1v) is 18.6. The molecule has 11 nitrogen and oxygen atoms in total. The average molecular weight is 718 g/mol. The lowest BCUT2D eigenvalue weighted by Gasteiger charge is -2.45. The summed E-state index contributed by atoms with van der Waals surface area (Å²) in [6.45, 7) is 15.7. The van der Waals surface area contributed by atoms with Crippen molar-refractivity contribution in [1.82, 2.24) is 29.5 Å². The van der Waals surface area contributed by atoms with Gasteiger partial charge in [-0.25, -0.2) is 4.79 Å². The van der Waals surface area contributed by atoms with E-state index in [9.17, 15) is 4.79 Å². The molecule has 11 heteroatoms. The Labute approximate surface area is 312 Å². The highest BCUT2D eigenvalue weighted by molar-refractivity contribution is 5.96. The molecule has 278 valence electrons. The summed E-state index contributed by atoms with van der Waals surface area (Å²) in [6.07, 6.45) is 0.0913. The molecule has 0 aliphatic carbocycles. The summed E-state index contributed by atoms with van der Waals surface area (Å²) < 4.78 is 20.0. The second kappa shape index (κ2) is 15.9. The molecule has 4 heterocycles. The lowest BCUT2D eigenvalue weighted by Crippen LogP contribution is -2.59. The molecule has 0 bridgehead atoms. The number of benzene rings is 3. The zero-order valence-corrected chi connectivity index (χ0v) is 31.6. The van der Waals surface area contributed by atoms with E-state index in [1.165, 1.54) is 5.69 Å². The number of hydrogen-bond acceptors (Lipinski definition) is 9. The third-order valence-corrected chi connectivity index (χ3v) is 10.1. The van der Waals surface area contributed by atoms with Crippen LogP contribution in [0.25, 0.3) is 22.2 Å². The zero-order chi connectivity index (χ0) is 37.0. The van der Waals surface area contributed by atoms with Gasteiger partial charge in [0.05, 0.1) is 17.2 Å². The van der Waals surface area contributed by atoms with Crippen molar-refractivity contribution < 1.29 is 19.0 Å². The van der Waals surface area contributed by atoms with Crippen molar-refractivity contribution in [2.45, 2.75) is 52.7 Å². The third kappa shape index (κ3) is 8.75. The van der Waals surface area contributed by atoms with Gasteiger partial charge in [-0.15, -0.1) is 0 Å². The Morgan fingerprint density at radius 3 is 1.98 bits per heavy atom. The van der Waals surface area contributed by atoms with Gasteiger partial charge in [-0.3, -0.25) is 14.5 Å². The van der Waals surface area contributed by atoms with Crippen LogP contribution in [0.3, 0.4) is 0 Å². The molecule has 1 unspecified atom stereocenters. The van der Waals surface area contributed by atoms with Crippen LogP contribution in [0, 0.1) is 0 Å². The molecule has 2 aromatic heterocycles. The van der Waals surface area contributed by atoms with Gasteiger partial charge in [0.1, 0.15) is 24.5 Å². The number of nitrogens with zero attached hydrogens (tertiary/aromatic N) is 7. The Morgan fingerprint density at radius 2 is 1.36 bits per heavy atom. The predicted molar refractivity (Wildman–Crippen MR) is 208 cm³/mol. The van der Waals surface area contributed by atoms with Gasteiger partial charge in [0.2, 0.25) is 11.8 Å². The summed E-state index contributed by atoms with van der Waals surface area (Å²) in [7, 11) is 1.99. The highest BCUT2D eigenvalue weighted by Gasteiger charge is 2.31. The molecule has 7 rings (SSSR count). The number of aryl methyl sites for hydroxylation is 1. The van der Waals surface area contributed by atoms with Crippen LogP contribution < -0.4 is 14.4 Å². The first-order chi connectivity index (χ1) is 25.6. The molecule has 2 aliphatic rings. The largest absolute Gasteiger partial charge is 0.473 e. The van der Waals surface area contributed by atoms with Gasteiger partial charge in [-0.2, -0.15) is 10.1 Å². The molecular formula is C42H51N7O4. The quantitative estimate of drug-likeness (QED) is 0.155. The minimum absolute atomic E-state index is 0.216. The van der Waals surface area contributed by atoms with E-state index < -0.39 is 5.60 Å². The summed E-state index contributed by atoms with van der Waals surface area (Å²) in [6, 6.07) is 30.7. The molecule has 3 aromatic carbocycles. The number of pyridine rings is 1. The van der Waals surface area contributed by atoms with E-state index in [2.05, 4.69) is 39.8 Å². The normalized spacial score (nSPS) is 16.5. The Hall–Kier alpha value is -5.13. The Bertz CT molecular complexity index is 1980. The molecular weight excluding hydrogens is 667 g/mol. The molecule has 1 atom stereocenters. The minimum atomic E-state index is -0.478. The van der Waals surface area contributed by atoms with Crippen molar-refractivity contribution in [3.63, 3.8) is 0 Å².